The normalized spacial score (nSPS) is 17.7. The summed E-state index contributed by atoms with van der Waals surface area (Å²) in [7, 11) is -2.15. The molecule has 0 saturated heterocycles. The van der Waals surface area contributed by atoms with Gasteiger partial charge in [-0.15, -0.1) is 0 Å². The van der Waals surface area contributed by atoms with E-state index in [9.17, 15) is 8.42 Å². The molecule has 0 aromatic heterocycles. The van der Waals surface area contributed by atoms with E-state index in [1.807, 2.05) is 6.92 Å². The van der Waals surface area contributed by atoms with Crippen molar-refractivity contribution in [3.63, 3.8) is 0 Å². The number of sulfonamides is 1. The Morgan fingerprint density at radius 2 is 1.79 bits per heavy atom. The molecule has 0 aliphatic heterocycles. The zero-order valence-corrected chi connectivity index (χ0v) is 13.1. The molecule has 1 aromatic carbocycles. The smallest absolute Gasteiger partial charge is 0.246 e. The molecule has 7 heteroatoms. The third-order valence-electron chi connectivity index (χ3n) is 3.54. The molecule has 0 heterocycles. The fourth-order valence-corrected chi connectivity index (χ4v) is 4.66. The molecule has 1 aliphatic carbocycles. The van der Waals surface area contributed by atoms with E-state index in [0.717, 1.165) is 12.8 Å². The molecule has 1 fully saturated rings. The van der Waals surface area contributed by atoms with Gasteiger partial charge in [0.15, 0.2) is 0 Å². The Bertz CT molecular complexity index is 577. The van der Waals surface area contributed by atoms with Crippen molar-refractivity contribution in [3.05, 3.63) is 22.2 Å². The molecule has 1 atom stereocenters. The monoisotopic (exact) mass is 322 g/mol. The van der Waals surface area contributed by atoms with E-state index < -0.39 is 10.0 Å². The fourth-order valence-electron chi connectivity index (χ4n) is 2.06. The van der Waals surface area contributed by atoms with Gasteiger partial charge in [0.1, 0.15) is 4.90 Å². The molecule has 19 heavy (non-hydrogen) atoms. The molecule has 106 valence electrons. The van der Waals surface area contributed by atoms with E-state index in [-0.39, 0.29) is 21.0 Å². The second kappa shape index (κ2) is 5.13. The van der Waals surface area contributed by atoms with Crippen LogP contribution < -0.4 is 5.73 Å². The van der Waals surface area contributed by atoms with Crippen molar-refractivity contribution >= 4 is 38.9 Å². The molecule has 2 N–H and O–H groups in total. The molecule has 1 aliphatic rings. The molecular formula is C12H16Cl2N2O2S. The summed E-state index contributed by atoms with van der Waals surface area (Å²) < 4.78 is 26.5. The van der Waals surface area contributed by atoms with Crippen molar-refractivity contribution in [2.75, 3.05) is 12.8 Å². The first kappa shape index (κ1) is 14.9. The van der Waals surface area contributed by atoms with Crippen LogP contribution in [0.4, 0.5) is 5.69 Å². The summed E-state index contributed by atoms with van der Waals surface area (Å²) in [4.78, 5) is -0.0694. The van der Waals surface area contributed by atoms with Crippen molar-refractivity contribution in [2.45, 2.75) is 30.7 Å². The molecular weight excluding hydrogens is 307 g/mol. The van der Waals surface area contributed by atoms with Crippen LogP contribution in [0.3, 0.4) is 0 Å². The number of halogens is 2. The van der Waals surface area contributed by atoms with Gasteiger partial charge in [0, 0.05) is 18.8 Å². The molecule has 1 unspecified atom stereocenters. The lowest BCUT2D eigenvalue weighted by Gasteiger charge is -2.25. The molecule has 0 bridgehead atoms. The number of benzene rings is 1. The lowest BCUT2D eigenvalue weighted by Crippen LogP contribution is -2.36. The Morgan fingerprint density at radius 1 is 1.32 bits per heavy atom. The highest BCUT2D eigenvalue weighted by atomic mass is 35.5. The number of hydrogen-bond donors (Lipinski definition) is 1. The zero-order valence-electron chi connectivity index (χ0n) is 10.7. The Kier molecular flexibility index (Phi) is 4.02. The minimum atomic E-state index is -3.71. The van der Waals surface area contributed by atoms with Crippen LogP contribution in [-0.4, -0.2) is 25.8 Å². The zero-order chi connectivity index (χ0) is 14.4. The Labute approximate surface area is 123 Å². The average molecular weight is 323 g/mol. The minimum Gasteiger partial charge on any atom is -0.399 e. The van der Waals surface area contributed by atoms with E-state index in [2.05, 4.69) is 0 Å². The van der Waals surface area contributed by atoms with Crippen LogP contribution in [0.15, 0.2) is 17.0 Å². The van der Waals surface area contributed by atoms with Gasteiger partial charge in [-0.3, -0.25) is 0 Å². The van der Waals surface area contributed by atoms with Gasteiger partial charge in [-0.1, -0.05) is 23.2 Å². The van der Waals surface area contributed by atoms with Crippen molar-refractivity contribution in [1.82, 2.24) is 4.31 Å². The first-order valence-electron chi connectivity index (χ1n) is 5.97. The van der Waals surface area contributed by atoms with Gasteiger partial charge in [0.25, 0.3) is 0 Å². The summed E-state index contributed by atoms with van der Waals surface area (Å²) in [6, 6.07) is 2.74. The van der Waals surface area contributed by atoms with Gasteiger partial charge < -0.3 is 5.73 Å². The van der Waals surface area contributed by atoms with Gasteiger partial charge in [0.05, 0.1) is 10.0 Å². The standard InChI is InChI=1S/C12H16Cl2N2O2S/c1-7(8-3-4-8)16(2)19(17,18)12-10(13)5-9(15)6-11(12)14/h5-8H,3-4,15H2,1-2H3. The second-order valence-electron chi connectivity index (χ2n) is 4.91. The van der Waals surface area contributed by atoms with Crippen LogP contribution in [0.2, 0.25) is 10.0 Å². The van der Waals surface area contributed by atoms with Crippen molar-refractivity contribution in [3.8, 4) is 0 Å². The van der Waals surface area contributed by atoms with Crippen molar-refractivity contribution in [1.29, 1.82) is 0 Å². The lowest BCUT2D eigenvalue weighted by molar-refractivity contribution is 0.357. The highest BCUT2D eigenvalue weighted by molar-refractivity contribution is 7.89. The lowest BCUT2D eigenvalue weighted by atomic mass is 10.2. The molecule has 0 spiro atoms. The Balaban J connectivity index is 2.44. The number of rotatable bonds is 4. The van der Waals surface area contributed by atoms with E-state index in [1.165, 1.54) is 16.4 Å². The van der Waals surface area contributed by atoms with Crippen molar-refractivity contribution in [2.24, 2.45) is 5.92 Å². The SMILES string of the molecule is CC(C1CC1)N(C)S(=O)(=O)c1c(Cl)cc(N)cc1Cl. The maximum absolute atomic E-state index is 12.6. The summed E-state index contributed by atoms with van der Waals surface area (Å²) in [6.07, 6.45) is 2.12. The van der Waals surface area contributed by atoms with Crippen LogP contribution >= 0.6 is 23.2 Å². The largest absolute Gasteiger partial charge is 0.399 e. The molecule has 0 radical (unpaired) electrons. The molecule has 1 saturated carbocycles. The first-order valence-corrected chi connectivity index (χ1v) is 8.17. The fraction of sp³-hybridized carbons (Fsp3) is 0.500. The topological polar surface area (TPSA) is 63.4 Å². The third kappa shape index (κ3) is 2.84. The van der Waals surface area contributed by atoms with Gasteiger partial charge in [-0.2, -0.15) is 4.31 Å². The van der Waals surface area contributed by atoms with Crippen LogP contribution in [0.1, 0.15) is 19.8 Å². The number of hydrogen-bond acceptors (Lipinski definition) is 3. The van der Waals surface area contributed by atoms with Crippen LogP contribution in [-0.2, 0) is 10.0 Å². The Morgan fingerprint density at radius 3 is 2.21 bits per heavy atom. The quantitative estimate of drug-likeness (QED) is 0.867. The molecule has 1 aromatic rings. The summed E-state index contributed by atoms with van der Waals surface area (Å²) in [5.41, 5.74) is 5.93. The highest BCUT2D eigenvalue weighted by Gasteiger charge is 2.37. The highest BCUT2D eigenvalue weighted by Crippen LogP contribution is 2.39. The third-order valence-corrected chi connectivity index (χ3v) is 6.40. The van der Waals surface area contributed by atoms with E-state index >= 15 is 0 Å². The van der Waals surface area contributed by atoms with Crippen LogP contribution in [0.25, 0.3) is 0 Å². The summed E-state index contributed by atoms with van der Waals surface area (Å²) in [6.45, 7) is 1.90. The second-order valence-corrected chi connectivity index (χ2v) is 7.66. The molecule has 4 nitrogen and oxygen atoms in total. The minimum absolute atomic E-state index is 0.0554. The van der Waals surface area contributed by atoms with Gasteiger partial charge >= 0.3 is 0 Å². The van der Waals surface area contributed by atoms with Gasteiger partial charge in [-0.25, -0.2) is 8.42 Å². The predicted octanol–water partition coefficient (Wildman–Crippen LogP) is 2.99. The average Bonchev–Trinajstić information content (AvgIpc) is 3.08. The number of anilines is 1. The summed E-state index contributed by atoms with van der Waals surface area (Å²) in [5.74, 6) is 0.422. The Hall–Kier alpha value is -0.490. The summed E-state index contributed by atoms with van der Waals surface area (Å²) >= 11 is 12.0. The number of nitrogen functional groups attached to an aromatic ring is 1. The van der Waals surface area contributed by atoms with Crippen LogP contribution in [0, 0.1) is 5.92 Å². The van der Waals surface area contributed by atoms with Crippen LogP contribution in [0.5, 0.6) is 0 Å². The maximum atomic E-state index is 12.6. The maximum Gasteiger partial charge on any atom is 0.246 e. The summed E-state index contributed by atoms with van der Waals surface area (Å²) in [5, 5.41) is 0.111. The van der Waals surface area contributed by atoms with E-state index in [1.54, 1.807) is 7.05 Å². The molecule has 2 rings (SSSR count). The van der Waals surface area contributed by atoms with Gasteiger partial charge in [0.2, 0.25) is 10.0 Å². The number of nitrogens with two attached hydrogens (primary N) is 1. The number of nitrogens with zero attached hydrogens (tertiary/aromatic N) is 1. The van der Waals surface area contributed by atoms with E-state index in [4.69, 9.17) is 28.9 Å². The van der Waals surface area contributed by atoms with Crippen molar-refractivity contribution < 1.29 is 8.42 Å². The van der Waals surface area contributed by atoms with Gasteiger partial charge in [-0.05, 0) is 37.8 Å². The predicted molar refractivity (Wildman–Crippen MR) is 78.0 cm³/mol. The first-order chi connectivity index (χ1) is 8.75. The molecule has 0 amide bonds. The van der Waals surface area contributed by atoms with E-state index in [0.29, 0.717) is 11.6 Å².